The van der Waals surface area contributed by atoms with Crippen LogP contribution in [0.1, 0.15) is 29.4 Å². The first-order valence-corrected chi connectivity index (χ1v) is 6.67. The lowest BCUT2D eigenvalue weighted by molar-refractivity contribution is 0.0690. The molecule has 1 saturated heterocycles. The van der Waals surface area contributed by atoms with Crippen molar-refractivity contribution < 1.29 is 9.90 Å². The van der Waals surface area contributed by atoms with E-state index in [4.69, 9.17) is 5.11 Å². The molecule has 0 amide bonds. The maximum atomic E-state index is 10.9. The molecular weight excluding hydrogens is 242 g/mol. The minimum Gasteiger partial charge on any atom is -0.477 e. The summed E-state index contributed by atoms with van der Waals surface area (Å²) in [6, 6.07) is 4.05. The van der Waals surface area contributed by atoms with Crippen LogP contribution in [0.2, 0.25) is 0 Å². The number of aromatic nitrogens is 1. The van der Waals surface area contributed by atoms with Gasteiger partial charge in [0.25, 0.3) is 0 Å². The summed E-state index contributed by atoms with van der Waals surface area (Å²) in [4.78, 5) is 19.5. The van der Waals surface area contributed by atoms with Gasteiger partial charge in [0.2, 0.25) is 0 Å². The Hall–Kier alpha value is -1.46. The highest BCUT2D eigenvalue weighted by Crippen LogP contribution is 2.13. The average Bonchev–Trinajstić information content (AvgIpc) is 2.52. The third kappa shape index (κ3) is 3.75. The number of carbonyl (C=O) groups is 1. The lowest BCUT2D eigenvalue weighted by Gasteiger charge is -2.27. The number of hydrogen-bond acceptors (Lipinski definition) is 4. The number of aromatic carboxylic acids is 1. The summed E-state index contributed by atoms with van der Waals surface area (Å²) in [6.07, 6.45) is 2.73. The highest BCUT2D eigenvalue weighted by Gasteiger charge is 2.19. The summed E-state index contributed by atoms with van der Waals surface area (Å²) in [5.74, 6) is -0.967. The Bertz CT molecular complexity index is 450. The van der Waals surface area contributed by atoms with E-state index in [0.29, 0.717) is 6.04 Å². The quantitative estimate of drug-likeness (QED) is 0.891. The average molecular weight is 263 g/mol. The molecule has 0 saturated carbocycles. The zero-order valence-electron chi connectivity index (χ0n) is 11.5. The van der Waals surface area contributed by atoms with E-state index < -0.39 is 5.97 Å². The number of carboxylic acid groups (broad SMARTS) is 1. The van der Waals surface area contributed by atoms with Crippen LogP contribution in [0.15, 0.2) is 18.3 Å². The van der Waals surface area contributed by atoms with Gasteiger partial charge in [0.05, 0.1) is 0 Å². The largest absolute Gasteiger partial charge is 0.477 e. The van der Waals surface area contributed by atoms with Crippen LogP contribution in [0.3, 0.4) is 0 Å². The molecule has 1 aliphatic heterocycles. The van der Waals surface area contributed by atoms with E-state index in [0.717, 1.165) is 38.2 Å². The topological polar surface area (TPSA) is 56.7 Å². The molecule has 104 valence electrons. The smallest absolute Gasteiger partial charge is 0.354 e. The Morgan fingerprint density at radius 2 is 2.32 bits per heavy atom. The van der Waals surface area contributed by atoms with Gasteiger partial charge < -0.3 is 10.0 Å². The van der Waals surface area contributed by atoms with Crippen molar-refractivity contribution >= 4 is 5.97 Å². The van der Waals surface area contributed by atoms with Crippen LogP contribution in [-0.2, 0) is 6.54 Å². The highest BCUT2D eigenvalue weighted by atomic mass is 16.4. The van der Waals surface area contributed by atoms with Crippen LogP contribution in [0.5, 0.6) is 0 Å². The number of hydrogen-bond donors (Lipinski definition) is 1. The molecule has 0 aromatic carbocycles. The summed E-state index contributed by atoms with van der Waals surface area (Å²) in [5, 5.41) is 8.96. The number of nitrogens with zero attached hydrogens (tertiary/aromatic N) is 3. The minimum absolute atomic E-state index is 0.122. The van der Waals surface area contributed by atoms with Crippen molar-refractivity contribution in [1.29, 1.82) is 0 Å². The van der Waals surface area contributed by atoms with Crippen molar-refractivity contribution in [1.82, 2.24) is 14.8 Å². The van der Waals surface area contributed by atoms with Gasteiger partial charge in [-0.2, -0.15) is 0 Å². The molecule has 1 aliphatic rings. The second-order valence-corrected chi connectivity index (χ2v) is 5.29. The Morgan fingerprint density at radius 3 is 3.05 bits per heavy atom. The summed E-state index contributed by atoms with van der Waals surface area (Å²) in [5.41, 5.74) is 1.14. The SMILES string of the molecule is CC1CN(C)CCCN1Cc1ccnc(C(=O)O)c1. The van der Waals surface area contributed by atoms with Crippen molar-refractivity contribution in [3.05, 3.63) is 29.6 Å². The first-order chi connectivity index (χ1) is 9.06. The highest BCUT2D eigenvalue weighted by molar-refractivity contribution is 5.85. The van der Waals surface area contributed by atoms with Crippen LogP contribution in [-0.4, -0.2) is 58.6 Å². The third-order valence-electron chi connectivity index (χ3n) is 3.61. The van der Waals surface area contributed by atoms with E-state index in [9.17, 15) is 4.79 Å². The van der Waals surface area contributed by atoms with E-state index in [2.05, 4.69) is 28.8 Å². The van der Waals surface area contributed by atoms with Gasteiger partial charge in [0, 0.05) is 31.9 Å². The lowest BCUT2D eigenvalue weighted by atomic mass is 10.2. The minimum atomic E-state index is -0.967. The molecule has 1 atom stereocenters. The molecule has 0 radical (unpaired) electrons. The number of carboxylic acids is 1. The van der Waals surface area contributed by atoms with Gasteiger partial charge in [-0.25, -0.2) is 9.78 Å². The number of pyridine rings is 1. The number of rotatable bonds is 3. The van der Waals surface area contributed by atoms with Crippen molar-refractivity contribution in [2.24, 2.45) is 0 Å². The fraction of sp³-hybridized carbons (Fsp3) is 0.571. The van der Waals surface area contributed by atoms with Gasteiger partial charge >= 0.3 is 5.97 Å². The van der Waals surface area contributed by atoms with Gasteiger partial charge in [0.15, 0.2) is 0 Å². The summed E-state index contributed by atoms with van der Waals surface area (Å²) < 4.78 is 0. The second-order valence-electron chi connectivity index (χ2n) is 5.29. The Kier molecular flexibility index (Phi) is 4.50. The predicted molar refractivity (Wildman–Crippen MR) is 73.2 cm³/mol. The molecule has 1 aromatic rings. The molecule has 19 heavy (non-hydrogen) atoms. The van der Waals surface area contributed by atoms with E-state index >= 15 is 0 Å². The van der Waals surface area contributed by atoms with Gasteiger partial charge in [0.1, 0.15) is 5.69 Å². The standard InChI is InChI=1S/C14H21N3O2/c1-11-9-16(2)6-3-7-17(11)10-12-4-5-15-13(8-12)14(18)19/h4-5,8,11H,3,6-7,9-10H2,1-2H3,(H,18,19). The molecule has 2 rings (SSSR count). The maximum Gasteiger partial charge on any atom is 0.354 e. The van der Waals surface area contributed by atoms with Gasteiger partial charge in [-0.3, -0.25) is 4.90 Å². The molecule has 1 fully saturated rings. The normalized spacial score (nSPS) is 22.1. The Labute approximate surface area is 113 Å². The molecule has 1 N–H and O–H groups in total. The molecule has 1 unspecified atom stereocenters. The predicted octanol–water partition coefficient (Wildman–Crippen LogP) is 1.31. The van der Waals surface area contributed by atoms with Crippen molar-refractivity contribution in [3.8, 4) is 0 Å². The molecule has 5 heteroatoms. The molecule has 0 spiro atoms. The molecule has 0 aliphatic carbocycles. The zero-order valence-corrected chi connectivity index (χ0v) is 11.5. The van der Waals surface area contributed by atoms with E-state index in [-0.39, 0.29) is 5.69 Å². The van der Waals surface area contributed by atoms with Crippen LogP contribution in [0, 0.1) is 0 Å². The Balaban J connectivity index is 2.07. The van der Waals surface area contributed by atoms with Crippen LogP contribution in [0.4, 0.5) is 0 Å². The first-order valence-electron chi connectivity index (χ1n) is 6.67. The van der Waals surface area contributed by atoms with Crippen molar-refractivity contribution in [2.75, 3.05) is 26.7 Å². The van der Waals surface area contributed by atoms with Crippen LogP contribution >= 0.6 is 0 Å². The fourth-order valence-electron chi connectivity index (χ4n) is 2.58. The van der Waals surface area contributed by atoms with E-state index in [1.54, 1.807) is 12.3 Å². The monoisotopic (exact) mass is 263 g/mol. The molecule has 2 heterocycles. The molecular formula is C14H21N3O2. The second kappa shape index (κ2) is 6.12. The van der Waals surface area contributed by atoms with E-state index in [1.165, 1.54) is 0 Å². The fourth-order valence-corrected chi connectivity index (χ4v) is 2.58. The third-order valence-corrected chi connectivity index (χ3v) is 3.61. The Morgan fingerprint density at radius 1 is 1.53 bits per heavy atom. The van der Waals surface area contributed by atoms with Crippen LogP contribution < -0.4 is 0 Å². The zero-order chi connectivity index (χ0) is 13.8. The van der Waals surface area contributed by atoms with E-state index in [1.807, 2.05) is 6.07 Å². The maximum absolute atomic E-state index is 10.9. The van der Waals surface area contributed by atoms with Crippen molar-refractivity contribution in [3.63, 3.8) is 0 Å². The van der Waals surface area contributed by atoms with Gasteiger partial charge in [-0.15, -0.1) is 0 Å². The molecule has 0 bridgehead atoms. The lowest BCUT2D eigenvalue weighted by Crippen LogP contribution is -2.37. The molecule has 5 nitrogen and oxygen atoms in total. The van der Waals surface area contributed by atoms with Gasteiger partial charge in [-0.05, 0) is 44.6 Å². The van der Waals surface area contributed by atoms with Crippen molar-refractivity contribution in [2.45, 2.75) is 25.9 Å². The summed E-state index contributed by atoms with van der Waals surface area (Å²) in [6.45, 7) is 6.24. The summed E-state index contributed by atoms with van der Waals surface area (Å²) in [7, 11) is 2.15. The summed E-state index contributed by atoms with van der Waals surface area (Å²) >= 11 is 0. The number of likely N-dealkylation sites (N-methyl/N-ethyl adjacent to an activating group) is 1. The molecule has 1 aromatic heterocycles. The first kappa shape index (κ1) is 14.0. The van der Waals surface area contributed by atoms with Crippen LogP contribution in [0.25, 0.3) is 0 Å². The van der Waals surface area contributed by atoms with Gasteiger partial charge in [-0.1, -0.05) is 0 Å².